The number of aliphatic imine (C=N–C) groups is 1. The first-order valence-corrected chi connectivity index (χ1v) is 10.9. The summed E-state index contributed by atoms with van der Waals surface area (Å²) in [6, 6.07) is 5.44. The van der Waals surface area contributed by atoms with Crippen molar-refractivity contribution in [3.05, 3.63) is 29.6 Å². The summed E-state index contributed by atoms with van der Waals surface area (Å²) < 4.78 is 30.7. The van der Waals surface area contributed by atoms with Crippen LogP contribution in [0.1, 0.15) is 18.9 Å². The van der Waals surface area contributed by atoms with E-state index in [9.17, 15) is 4.39 Å². The fourth-order valence-corrected chi connectivity index (χ4v) is 3.85. The van der Waals surface area contributed by atoms with E-state index in [2.05, 4.69) is 17.1 Å². The molecule has 0 amide bonds. The minimum Gasteiger partial charge on any atom is -0.382 e. The smallest absolute Gasteiger partial charge is 0.194 e. The zero-order chi connectivity index (χ0) is 21.2. The summed E-state index contributed by atoms with van der Waals surface area (Å²) >= 11 is 0. The van der Waals surface area contributed by atoms with Gasteiger partial charge >= 0.3 is 0 Å². The molecule has 2 saturated heterocycles. The highest BCUT2D eigenvalue weighted by molar-refractivity contribution is 14.0. The number of rotatable bonds is 9. The van der Waals surface area contributed by atoms with Gasteiger partial charge in [-0.2, -0.15) is 0 Å². The number of morpholine rings is 1. The van der Waals surface area contributed by atoms with Crippen molar-refractivity contribution in [2.24, 2.45) is 10.9 Å². The van der Waals surface area contributed by atoms with E-state index in [-0.39, 0.29) is 29.8 Å². The zero-order valence-corrected chi connectivity index (χ0v) is 21.0. The molecule has 0 bridgehead atoms. The summed E-state index contributed by atoms with van der Waals surface area (Å²) in [5.41, 5.74) is 1.52. The SMILES string of the molecule is CCNC(=NCc1ccc(N2CCOCC2)c(F)c1)N1CCC(COCCOC)C1.I. The number of guanidine groups is 1. The Bertz CT molecular complexity index is 689. The second-order valence-electron chi connectivity index (χ2n) is 7.72. The molecule has 1 aromatic rings. The Hall–Kier alpha value is -1.17. The predicted molar refractivity (Wildman–Crippen MR) is 132 cm³/mol. The molecule has 1 N–H and O–H groups in total. The molecular weight excluding hydrogens is 514 g/mol. The van der Waals surface area contributed by atoms with Crippen molar-refractivity contribution in [3.63, 3.8) is 0 Å². The van der Waals surface area contributed by atoms with Crippen LogP contribution < -0.4 is 10.2 Å². The van der Waals surface area contributed by atoms with E-state index in [1.54, 1.807) is 13.2 Å². The van der Waals surface area contributed by atoms with Crippen LogP contribution in [0.2, 0.25) is 0 Å². The van der Waals surface area contributed by atoms with Crippen molar-refractivity contribution in [2.45, 2.75) is 19.9 Å². The number of hydrogen-bond acceptors (Lipinski definition) is 5. The van der Waals surface area contributed by atoms with Crippen LogP contribution in [0.25, 0.3) is 0 Å². The van der Waals surface area contributed by atoms with Crippen LogP contribution >= 0.6 is 24.0 Å². The molecule has 1 atom stereocenters. The third-order valence-corrected chi connectivity index (χ3v) is 5.48. The molecule has 0 saturated carbocycles. The molecular formula is C22H36FIN4O3. The van der Waals surface area contributed by atoms with Crippen molar-refractivity contribution < 1.29 is 18.6 Å². The molecule has 1 unspecified atom stereocenters. The average molecular weight is 550 g/mol. The monoisotopic (exact) mass is 550 g/mol. The largest absolute Gasteiger partial charge is 0.382 e. The third-order valence-electron chi connectivity index (χ3n) is 5.48. The molecule has 2 heterocycles. The van der Waals surface area contributed by atoms with E-state index in [4.69, 9.17) is 19.2 Å². The lowest BCUT2D eigenvalue weighted by atomic mass is 10.1. The molecule has 0 aromatic heterocycles. The molecule has 7 nitrogen and oxygen atoms in total. The highest BCUT2D eigenvalue weighted by atomic mass is 127. The lowest BCUT2D eigenvalue weighted by molar-refractivity contribution is 0.0536. The summed E-state index contributed by atoms with van der Waals surface area (Å²) in [5, 5.41) is 3.37. The second-order valence-corrected chi connectivity index (χ2v) is 7.72. The molecule has 0 radical (unpaired) electrons. The second kappa shape index (κ2) is 14.1. The van der Waals surface area contributed by atoms with E-state index in [1.165, 1.54) is 0 Å². The Kier molecular flexibility index (Phi) is 11.8. The van der Waals surface area contributed by atoms with Crippen molar-refractivity contribution in [3.8, 4) is 0 Å². The van der Waals surface area contributed by atoms with Crippen molar-refractivity contribution in [2.75, 3.05) is 77.8 Å². The first-order chi connectivity index (χ1) is 14.7. The number of likely N-dealkylation sites (tertiary alicyclic amines) is 1. The number of methoxy groups -OCH3 is 1. The van der Waals surface area contributed by atoms with Crippen LogP contribution in [0.4, 0.5) is 10.1 Å². The average Bonchev–Trinajstić information content (AvgIpc) is 3.24. The predicted octanol–water partition coefficient (Wildman–Crippen LogP) is 2.73. The summed E-state index contributed by atoms with van der Waals surface area (Å²) in [6.07, 6.45) is 1.08. The first kappa shape index (κ1) is 26.1. The van der Waals surface area contributed by atoms with Crippen molar-refractivity contribution in [1.82, 2.24) is 10.2 Å². The van der Waals surface area contributed by atoms with Gasteiger partial charge in [0.25, 0.3) is 0 Å². The van der Waals surface area contributed by atoms with Crippen molar-refractivity contribution >= 4 is 35.6 Å². The summed E-state index contributed by atoms with van der Waals surface area (Å²) in [4.78, 5) is 9.07. The van der Waals surface area contributed by atoms with E-state index < -0.39 is 0 Å². The molecule has 176 valence electrons. The molecule has 2 aliphatic rings. The van der Waals surface area contributed by atoms with Gasteiger partial charge in [0.2, 0.25) is 0 Å². The minimum absolute atomic E-state index is 0. The quantitative estimate of drug-likeness (QED) is 0.221. The Balaban J connectivity index is 0.00000341. The minimum atomic E-state index is -0.191. The van der Waals surface area contributed by atoms with Gasteiger partial charge in [0.15, 0.2) is 5.96 Å². The van der Waals surface area contributed by atoms with E-state index >= 15 is 0 Å². The van der Waals surface area contributed by atoms with Crippen LogP contribution in [0.3, 0.4) is 0 Å². The first-order valence-electron chi connectivity index (χ1n) is 10.9. The van der Waals surface area contributed by atoms with E-state index in [0.717, 1.165) is 57.3 Å². The lowest BCUT2D eigenvalue weighted by Gasteiger charge is -2.29. The molecule has 31 heavy (non-hydrogen) atoms. The highest BCUT2D eigenvalue weighted by Crippen LogP contribution is 2.22. The number of ether oxygens (including phenoxy) is 3. The Labute approximate surface area is 202 Å². The topological polar surface area (TPSA) is 58.6 Å². The van der Waals surface area contributed by atoms with Gasteiger partial charge < -0.3 is 29.3 Å². The molecule has 1 aromatic carbocycles. The van der Waals surface area contributed by atoms with Crippen LogP contribution in [-0.4, -0.2) is 83.7 Å². The summed E-state index contributed by atoms with van der Waals surface area (Å²) in [7, 11) is 1.68. The van der Waals surface area contributed by atoms with Crippen LogP contribution in [0, 0.1) is 11.7 Å². The van der Waals surface area contributed by atoms with Gasteiger partial charge in [-0.15, -0.1) is 24.0 Å². The Morgan fingerprint density at radius 1 is 1.26 bits per heavy atom. The maximum Gasteiger partial charge on any atom is 0.194 e. The number of benzene rings is 1. The Morgan fingerprint density at radius 3 is 2.77 bits per heavy atom. The molecule has 3 rings (SSSR count). The van der Waals surface area contributed by atoms with Gasteiger partial charge in [0, 0.05) is 45.8 Å². The standard InChI is InChI=1S/C22H35FN4O3.HI/c1-3-24-22(27-7-6-19(16-27)17-30-13-12-28-2)25-15-18-4-5-21(20(23)14-18)26-8-10-29-11-9-26;/h4-5,14,19H,3,6-13,15-17H2,1-2H3,(H,24,25);1H. The van der Waals surface area contributed by atoms with Gasteiger partial charge in [0.05, 0.1) is 45.3 Å². The fourth-order valence-electron chi connectivity index (χ4n) is 3.85. The lowest BCUT2D eigenvalue weighted by Crippen LogP contribution is -2.40. The van der Waals surface area contributed by atoms with Crippen LogP contribution in [0.5, 0.6) is 0 Å². The molecule has 2 aliphatic heterocycles. The Morgan fingerprint density at radius 2 is 2.06 bits per heavy atom. The zero-order valence-electron chi connectivity index (χ0n) is 18.6. The van der Waals surface area contributed by atoms with Crippen molar-refractivity contribution in [1.29, 1.82) is 0 Å². The maximum atomic E-state index is 14.7. The maximum absolute atomic E-state index is 14.7. The summed E-state index contributed by atoms with van der Waals surface area (Å²) in [5.74, 6) is 1.19. The highest BCUT2D eigenvalue weighted by Gasteiger charge is 2.25. The molecule has 9 heteroatoms. The fraction of sp³-hybridized carbons (Fsp3) is 0.682. The van der Waals surface area contributed by atoms with Gasteiger partial charge in [-0.25, -0.2) is 9.38 Å². The number of hydrogen-bond donors (Lipinski definition) is 1. The number of nitrogens with zero attached hydrogens (tertiary/aromatic N) is 3. The van der Waals surface area contributed by atoms with Gasteiger partial charge in [-0.3, -0.25) is 0 Å². The number of nitrogens with one attached hydrogen (secondary N) is 1. The van der Waals surface area contributed by atoms with E-state index in [0.29, 0.717) is 44.6 Å². The molecule has 2 fully saturated rings. The van der Waals surface area contributed by atoms with Gasteiger partial charge in [-0.1, -0.05) is 6.07 Å². The molecule has 0 spiro atoms. The summed E-state index contributed by atoms with van der Waals surface area (Å²) in [6.45, 7) is 9.93. The number of halogens is 2. The third kappa shape index (κ3) is 8.03. The van der Waals surface area contributed by atoms with E-state index in [1.807, 2.05) is 17.0 Å². The molecule has 0 aliphatic carbocycles. The normalized spacial score (nSPS) is 19.5. The van der Waals surface area contributed by atoms with Gasteiger partial charge in [0.1, 0.15) is 5.82 Å². The number of anilines is 1. The van der Waals surface area contributed by atoms with Crippen LogP contribution in [-0.2, 0) is 20.8 Å². The van der Waals surface area contributed by atoms with Gasteiger partial charge in [-0.05, 0) is 31.0 Å². The van der Waals surface area contributed by atoms with Crippen LogP contribution in [0.15, 0.2) is 23.2 Å².